The number of fused-ring (bicyclic) bond motifs is 1. The summed E-state index contributed by atoms with van der Waals surface area (Å²) in [6.45, 7) is 35.5. The second kappa shape index (κ2) is 16.4. The van der Waals surface area contributed by atoms with E-state index in [1.165, 1.54) is 72.8 Å². The van der Waals surface area contributed by atoms with Gasteiger partial charge in [-0.05, 0) is 153 Å². The van der Waals surface area contributed by atoms with Crippen LogP contribution in [0, 0.1) is 17.3 Å². The maximum Gasteiger partial charge on any atom is 0.192 e. The van der Waals surface area contributed by atoms with E-state index in [0.29, 0.717) is 11.8 Å². The second-order valence-electron chi connectivity index (χ2n) is 21.5. The van der Waals surface area contributed by atoms with Crippen molar-refractivity contribution in [2.45, 2.75) is 206 Å². The molecule has 4 aliphatic carbocycles. The van der Waals surface area contributed by atoms with E-state index in [1.54, 1.807) is 5.57 Å². The molecule has 0 amide bonds. The lowest BCUT2D eigenvalue weighted by Gasteiger charge is -2.45. The van der Waals surface area contributed by atoms with Crippen molar-refractivity contribution in [1.82, 2.24) is 0 Å². The van der Waals surface area contributed by atoms with Gasteiger partial charge in [0.2, 0.25) is 0 Å². The first-order valence-corrected chi connectivity index (χ1v) is 27.7. The van der Waals surface area contributed by atoms with E-state index >= 15 is 0 Å². The third kappa shape index (κ3) is 9.27. The number of aliphatic hydroxyl groups is 1. The van der Waals surface area contributed by atoms with E-state index in [9.17, 15) is 5.11 Å². The fraction of sp³-hybridized carbons (Fsp3) is 0.714. The Morgan fingerprint density at radius 1 is 0.944 bits per heavy atom. The minimum Gasteiger partial charge on any atom is -0.413 e. The fourth-order valence-corrected chi connectivity index (χ4v) is 12.4. The predicted molar refractivity (Wildman–Crippen MR) is 237 cm³/mol. The van der Waals surface area contributed by atoms with Crippen molar-refractivity contribution in [1.29, 1.82) is 0 Å². The molecule has 302 valence electrons. The third-order valence-corrected chi connectivity index (χ3v) is 24.7. The summed E-state index contributed by atoms with van der Waals surface area (Å²) in [4.78, 5) is 0. The Balaban J connectivity index is 1.32. The molecule has 54 heavy (non-hydrogen) atoms. The van der Waals surface area contributed by atoms with Crippen molar-refractivity contribution >= 4 is 16.6 Å². The van der Waals surface area contributed by atoms with Crippen molar-refractivity contribution in [2.75, 3.05) is 0 Å². The monoisotopic (exact) mass is 773 g/mol. The average molecular weight is 773 g/mol. The van der Waals surface area contributed by atoms with Crippen molar-refractivity contribution in [2.24, 2.45) is 17.3 Å². The van der Waals surface area contributed by atoms with Crippen molar-refractivity contribution in [3.63, 3.8) is 0 Å². The summed E-state index contributed by atoms with van der Waals surface area (Å²) in [6.07, 6.45) is 21.9. The van der Waals surface area contributed by atoms with Gasteiger partial charge in [-0.2, -0.15) is 0 Å². The normalized spacial score (nSPS) is 30.2. The SMILES string of the molecule is C=C1/C(=C\C=C2/CCC[C@]3(C)[C@@H](/C(C)=C\C[C@@H](O)C4(c5ccc(CCCC)cc5)CC4)CC[C@@H]23)C[C@@H](O[Si](C)(C)C(C)(C)C)C[C@@H]1O[Si](C)(C)C(C)(C)C. The summed E-state index contributed by atoms with van der Waals surface area (Å²) in [6, 6.07) is 9.21. The molecule has 3 nitrogen and oxygen atoms in total. The van der Waals surface area contributed by atoms with Gasteiger partial charge in [0.15, 0.2) is 16.6 Å². The molecule has 0 radical (unpaired) electrons. The maximum absolute atomic E-state index is 11.6. The Morgan fingerprint density at radius 2 is 1.57 bits per heavy atom. The summed E-state index contributed by atoms with van der Waals surface area (Å²) < 4.78 is 14.3. The molecule has 1 aromatic rings. The Morgan fingerprint density at radius 3 is 2.17 bits per heavy atom. The first-order chi connectivity index (χ1) is 25.0. The summed E-state index contributed by atoms with van der Waals surface area (Å²) in [5, 5.41) is 11.9. The van der Waals surface area contributed by atoms with Gasteiger partial charge in [-0.15, -0.1) is 0 Å². The first kappa shape index (κ1) is 43.6. The highest BCUT2D eigenvalue weighted by Crippen LogP contribution is 2.60. The lowest BCUT2D eigenvalue weighted by Crippen LogP contribution is -2.49. The molecule has 1 N–H and O–H groups in total. The Bertz CT molecular complexity index is 1560. The number of hydrogen-bond donors (Lipinski definition) is 1. The van der Waals surface area contributed by atoms with Gasteiger partial charge in [-0.1, -0.05) is 122 Å². The molecule has 4 fully saturated rings. The van der Waals surface area contributed by atoms with Gasteiger partial charge in [-0.3, -0.25) is 0 Å². The zero-order chi connectivity index (χ0) is 39.9. The van der Waals surface area contributed by atoms with E-state index < -0.39 is 16.6 Å². The highest BCUT2D eigenvalue weighted by molar-refractivity contribution is 6.74. The Labute approximate surface area is 334 Å². The van der Waals surface area contributed by atoms with E-state index in [4.69, 9.17) is 15.4 Å². The lowest BCUT2D eigenvalue weighted by atomic mass is 9.62. The number of allylic oxidation sites excluding steroid dienone is 4. The van der Waals surface area contributed by atoms with Crippen LogP contribution >= 0.6 is 0 Å². The van der Waals surface area contributed by atoms with Gasteiger partial charge in [0.1, 0.15) is 0 Å². The van der Waals surface area contributed by atoms with Gasteiger partial charge in [0.25, 0.3) is 0 Å². The number of rotatable bonds is 13. The van der Waals surface area contributed by atoms with E-state index in [1.807, 2.05) is 0 Å². The molecular weight excluding hydrogens is 693 g/mol. The van der Waals surface area contributed by atoms with Crippen LogP contribution in [0.15, 0.2) is 71.4 Å². The first-order valence-electron chi connectivity index (χ1n) is 21.9. The van der Waals surface area contributed by atoms with Gasteiger partial charge in [0.05, 0.1) is 18.3 Å². The van der Waals surface area contributed by atoms with Crippen LogP contribution in [0.5, 0.6) is 0 Å². The quantitative estimate of drug-likeness (QED) is 0.160. The second-order valence-corrected chi connectivity index (χ2v) is 31.0. The number of aliphatic hydroxyl groups excluding tert-OH is 1. The molecule has 0 unspecified atom stereocenters. The standard InChI is InChI=1S/C49H80O3Si2/c1-15-16-18-37-21-25-40(26-22-37)49(31-32-49)45(50)29-20-35(2)42-27-28-43-38(19-17-30-48(42,43)10)23-24-39-33-41(51-53(11,12)46(4,5)6)34-44(36(39)3)52-54(13,14)47(7,8)9/h20-26,41-45,50H,3,15-19,27-34H2,1-2,4-14H3/b35-20-,38-23+,39-24-/t41-,42-,43+,44+,45-,48-/m1/s1. The Kier molecular flexibility index (Phi) is 13.2. The largest absolute Gasteiger partial charge is 0.413 e. The molecule has 0 aliphatic heterocycles. The average Bonchev–Trinajstić information content (AvgIpc) is 3.81. The zero-order valence-corrected chi connectivity index (χ0v) is 39.1. The molecule has 6 atom stereocenters. The number of unbranched alkanes of at least 4 members (excludes halogenated alkanes) is 1. The topological polar surface area (TPSA) is 38.7 Å². The summed E-state index contributed by atoms with van der Waals surface area (Å²) in [5.41, 5.74) is 8.61. The van der Waals surface area contributed by atoms with Crippen LogP contribution in [0.2, 0.25) is 36.3 Å². The van der Waals surface area contributed by atoms with Crippen molar-refractivity contribution in [3.05, 3.63) is 82.5 Å². The van der Waals surface area contributed by atoms with Crippen LogP contribution in [0.25, 0.3) is 0 Å². The smallest absolute Gasteiger partial charge is 0.192 e. The highest BCUT2D eigenvalue weighted by atomic mass is 28.4. The molecule has 0 heterocycles. The lowest BCUT2D eigenvalue weighted by molar-refractivity contribution is 0.0969. The van der Waals surface area contributed by atoms with Crippen LogP contribution in [-0.2, 0) is 20.7 Å². The molecule has 0 spiro atoms. The minimum absolute atomic E-state index is 0.00890. The van der Waals surface area contributed by atoms with E-state index in [2.05, 4.69) is 131 Å². The molecule has 0 saturated heterocycles. The molecule has 4 saturated carbocycles. The summed E-state index contributed by atoms with van der Waals surface area (Å²) >= 11 is 0. The molecule has 1 aromatic carbocycles. The molecule has 4 aliphatic rings. The van der Waals surface area contributed by atoms with Gasteiger partial charge >= 0.3 is 0 Å². The third-order valence-electron chi connectivity index (χ3n) is 15.7. The highest BCUT2D eigenvalue weighted by Gasteiger charge is 2.52. The number of aryl methyl sites for hydroxylation is 1. The molecular formula is C49H80O3Si2. The molecule has 0 aromatic heterocycles. The van der Waals surface area contributed by atoms with Crippen LogP contribution < -0.4 is 0 Å². The zero-order valence-electron chi connectivity index (χ0n) is 37.1. The maximum atomic E-state index is 11.6. The van der Waals surface area contributed by atoms with Gasteiger partial charge in [0, 0.05) is 11.8 Å². The molecule has 0 bridgehead atoms. The van der Waals surface area contributed by atoms with Crippen molar-refractivity contribution in [3.8, 4) is 0 Å². The number of hydrogen-bond acceptors (Lipinski definition) is 3. The fourth-order valence-electron chi connectivity index (χ4n) is 9.75. The van der Waals surface area contributed by atoms with Crippen LogP contribution in [-0.4, -0.2) is 40.1 Å². The summed E-state index contributed by atoms with van der Waals surface area (Å²) in [5.74, 6) is 1.19. The van der Waals surface area contributed by atoms with Crippen LogP contribution in [0.1, 0.15) is 150 Å². The molecule has 5 heteroatoms. The van der Waals surface area contributed by atoms with Crippen LogP contribution in [0.3, 0.4) is 0 Å². The number of benzene rings is 1. The van der Waals surface area contributed by atoms with E-state index in [0.717, 1.165) is 38.5 Å². The summed E-state index contributed by atoms with van der Waals surface area (Å²) in [7, 11) is -3.96. The van der Waals surface area contributed by atoms with Gasteiger partial charge < -0.3 is 14.0 Å². The van der Waals surface area contributed by atoms with Crippen molar-refractivity contribution < 1.29 is 14.0 Å². The molecule has 5 rings (SSSR count). The van der Waals surface area contributed by atoms with Gasteiger partial charge in [-0.25, -0.2) is 0 Å². The van der Waals surface area contributed by atoms with E-state index in [-0.39, 0.29) is 39.2 Å². The van der Waals surface area contributed by atoms with Crippen LogP contribution in [0.4, 0.5) is 0 Å². The Hall–Kier alpha value is -1.51. The minimum atomic E-state index is -2.00. The predicted octanol–water partition coefficient (Wildman–Crippen LogP) is 14.0.